The standard InChI is InChI=1S/C18H21N5O2S/c1-12-20-21-18(25-12)26-11-16(24)23-9-5-6-13(10-23)17-19-14-7-3-4-8-15(14)22(17)2/h3-4,7-8,13H,5-6,9-11H2,1-2H3. The lowest BCUT2D eigenvalue weighted by atomic mass is 9.97. The van der Waals surface area contributed by atoms with Crippen LogP contribution in [0.2, 0.25) is 0 Å². The maximum Gasteiger partial charge on any atom is 0.277 e. The van der Waals surface area contributed by atoms with Gasteiger partial charge in [-0.25, -0.2) is 4.98 Å². The van der Waals surface area contributed by atoms with Gasteiger partial charge in [0.25, 0.3) is 5.22 Å². The van der Waals surface area contributed by atoms with Gasteiger partial charge in [0.1, 0.15) is 5.82 Å². The van der Waals surface area contributed by atoms with Gasteiger partial charge in [-0.05, 0) is 25.0 Å². The number of imidazole rings is 1. The van der Waals surface area contributed by atoms with Gasteiger partial charge in [0.15, 0.2) is 0 Å². The number of aryl methyl sites for hydroxylation is 2. The number of aromatic nitrogens is 4. The van der Waals surface area contributed by atoms with Gasteiger partial charge in [-0.1, -0.05) is 23.9 Å². The first kappa shape index (κ1) is 17.1. The van der Waals surface area contributed by atoms with Gasteiger partial charge in [0, 0.05) is 33.0 Å². The van der Waals surface area contributed by atoms with E-state index in [2.05, 4.69) is 27.9 Å². The van der Waals surface area contributed by atoms with Crippen molar-refractivity contribution >= 4 is 28.7 Å². The Morgan fingerprint density at radius 1 is 1.35 bits per heavy atom. The molecule has 0 spiro atoms. The molecule has 3 aromatic rings. The molecule has 0 aliphatic carbocycles. The number of likely N-dealkylation sites (tertiary alicyclic amines) is 1. The average molecular weight is 371 g/mol. The molecule has 26 heavy (non-hydrogen) atoms. The summed E-state index contributed by atoms with van der Waals surface area (Å²) in [4.78, 5) is 19.3. The molecular formula is C18H21N5O2S. The summed E-state index contributed by atoms with van der Waals surface area (Å²) in [5, 5.41) is 8.15. The summed E-state index contributed by atoms with van der Waals surface area (Å²) in [5.74, 6) is 2.26. The Labute approximate surface area is 155 Å². The molecule has 0 bridgehead atoms. The number of hydrogen-bond acceptors (Lipinski definition) is 6. The Morgan fingerprint density at radius 3 is 2.96 bits per heavy atom. The second-order valence-electron chi connectivity index (χ2n) is 6.57. The fourth-order valence-corrected chi connectivity index (χ4v) is 4.20. The first-order chi connectivity index (χ1) is 12.6. The van der Waals surface area contributed by atoms with E-state index in [0.717, 1.165) is 36.2 Å². The molecule has 1 aliphatic heterocycles. The van der Waals surface area contributed by atoms with E-state index in [4.69, 9.17) is 9.40 Å². The van der Waals surface area contributed by atoms with Crippen molar-refractivity contribution < 1.29 is 9.21 Å². The van der Waals surface area contributed by atoms with E-state index in [-0.39, 0.29) is 11.8 Å². The molecule has 2 aromatic heterocycles. The lowest BCUT2D eigenvalue weighted by molar-refractivity contribution is -0.129. The van der Waals surface area contributed by atoms with E-state index in [1.807, 2.05) is 23.1 Å². The zero-order chi connectivity index (χ0) is 18.1. The highest BCUT2D eigenvalue weighted by molar-refractivity contribution is 7.99. The number of rotatable bonds is 4. The van der Waals surface area contributed by atoms with Crippen LogP contribution in [0.15, 0.2) is 33.9 Å². The van der Waals surface area contributed by atoms with Crippen LogP contribution in [0.25, 0.3) is 11.0 Å². The molecule has 1 aromatic carbocycles. The third kappa shape index (κ3) is 3.33. The molecule has 1 fully saturated rings. The van der Waals surface area contributed by atoms with Crippen molar-refractivity contribution in [3.63, 3.8) is 0 Å². The Morgan fingerprint density at radius 2 is 2.19 bits per heavy atom. The van der Waals surface area contributed by atoms with Crippen molar-refractivity contribution in [1.82, 2.24) is 24.6 Å². The van der Waals surface area contributed by atoms with Crippen molar-refractivity contribution in [2.45, 2.75) is 30.9 Å². The van der Waals surface area contributed by atoms with Gasteiger partial charge in [-0.15, -0.1) is 10.2 Å². The van der Waals surface area contributed by atoms with Crippen molar-refractivity contribution in [3.05, 3.63) is 36.0 Å². The fraction of sp³-hybridized carbons (Fsp3) is 0.444. The minimum atomic E-state index is 0.106. The number of piperidine rings is 1. The summed E-state index contributed by atoms with van der Waals surface area (Å²) in [6, 6.07) is 8.15. The van der Waals surface area contributed by atoms with Gasteiger partial charge in [-0.2, -0.15) is 0 Å². The van der Waals surface area contributed by atoms with Crippen LogP contribution >= 0.6 is 11.8 Å². The zero-order valence-electron chi connectivity index (χ0n) is 14.9. The molecule has 8 heteroatoms. The predicted molar refractivity (Wildman–Crippen MR) is 99.0 cm³/mol. The first-order valence-electron chi connectivity index (χ1n) is 8.74. The molecule has 0 radical (unpaired) electrons. The van der Waals surface area contributed by atoms with Crippen LogP contribution < -0.4 is 0 Å². The van der Waals surface area contributed by atoms with Crippen molar-refractivity contribution in [3.8, 4) is 0 Å². The highest BCUT2D eigenvalue weighted by Gasteiger charge is 2.28. The average Bonchev–Trinajstić information content (AvgIpc) is 3.23. The van der Waals surface area contributed by atoms with Gasteiger partial charge in [-0.3, -0.25) is 4.79 Å². The molecule has 1 unspecified atom stereocenters. The van der Waals surface area contributed by atoms with Crippen LogP contribution in [-0.2, 0) is 11.8 Å². The summed E-state index contributed by atoms with van der Waals surface area (Å²) in [7, 11) is 2.05. The first-order valence-corrected chi connectivity index (χ1v) is 9.72. The molecule has 1 atom stereocenters. The number of thioether (sulfide) groups is 1. The van der Waals surface area contributed by atoms with Crippen molar-refractivity contribution in [2.24, 2.45) is 7.05 Å². The monoisotopic (exact) mass is 371 g/mol. The zero-order valence-corrected chi connectivity index (χ0v) is 15.7. The number of carbonyl (C=O) groups excluding carboxylic acids is 1. The van der Waals surface area contributed by atoms with Crippen LogP contribution in [0.4, 0.5) is 0 Å². The van der Waals surface area contributed by atoms with Crippen LogP contribution in [0.5, 0.6) is 0 Å². The van der Waals surface area contributed by atoms with Crippen LogP contribution in [-0.4, -0.2) is 49.4 Å². The predicted octanol–water partition coefficient (Wildman–Crippen LogP) is 2.76. The molecule has 1 aliphatic rings. The van der Waals surface area contributed by atoms with Crippen LogP contribution in [0, 0.1) is 6.92 Å². The van der Waals surface area contributed by atoms with Crippen molar-refractivity contribution in [1.29, 1.82) is 0 Å². The van der Waals surface area contributed by atoms with E-state index in [0.29, 0.717) is 23.4 Å². The third-order valence-electron chi connectivity index (χ3n) is 4.79. The number of amides is 1. The number of para-hydroxylation sites is 2. The minimum absolute atomic E-state index is 0.106. The fourth-order valence-electron chi connectivity index (χ4n) is 3.50. The van der Waals surface area contributed by atoms with Gasteiger partial charge in [0.2, 0.25) is 11.8 Å². The molecule has 1 saturated heterocycles. The third-order valence-corrected chi connectivity index (χ3v) is 5.59. The summed E-state index contributed by atoms with van der Waals surface area (Å²) < 4.78 is 7.47. The van der Waals surface area contributed by atoms with Crippen LogP contribution in [0.3, 0.4) is 0 Å². The number of benzene rings is 1. The number of fused-ring (bicyclic) bond motifs is 1. The summed E-state index contributed by atoms with van der Waals surface area (Å²) in [5.41, 5.74) is 2.14. The van der Waals surface area contributed by atoms with E-state index < -0.39 is 0 Å². The largest absolute Gasteiger partial charge is 0.416 e. The quantitative estimate of drug-likeness (QED) is 0.656. The molecule has 0 N–H and O–H groups in total. The van der Waals surface area contributed by atoms with E-state index >= 15 is 0 Å². The summed E-state index contributed by atoms with van der Waals surface area (Å²) in [6.07, 6.45) is 2.04. The maximum absolute atomic E-state index is 12.6. The Bertz CT molecular complexity index is 935. The number of carbonyl (C=O) groups is 1. The Kier molecular flexibility index (Phi) is 4.67. The normalized spacial score (nSPS) is 17.8. The van der Waals surface area contributed by atoms with E-state index in [1.54, 1.807) is 6.92 Å². The molecular weight excluding hydrogens is 350 g/mol. The van der Waals surface area contributed by atoms with Gasteiger partial charge in [0.05, 0.1) is 16.8 Å². The molecule has 4 rings (SSSR count). The highest BCUT2D eigenvalue weighted by Crippen LogP contribution is 2.29. The molecule has 0 saturated carbocycles. The lowest BCUT2D eigenvalue weighted by Crippen LogP contribution is -2.40. The second-order valence-corrected chi connectivity index (χ2v) is 7.50. The minimum Gasteiger partial charge on any atom is -0.416 e. The van der Waals surface area contributed by atoms with Gasteiger partial charge < -0.3 is 13.9 Å². The lowest BCUT2D eigenvalue weighted by Gasteiger charge is -2.32. The molecule has 1 amide bonds. The van der Waals surface area contributed by atoms with Crippen molar-refractivity contribution in [2.75, 3.05) is 18.8 Å². The van der Waals surface area contributed by atoms with Gasteiger partial charge >= 0.3 is 0 Å². The number of nitrogens with zero attached hydrogens (tertiary/aromatic N) is 5. The summed E-state index contributed by atoms with van der Waals surface area (Å²) >= 11 is 1.29. The maximum atomic E-state index is 12.6. The second kappa shape index (κ2) is 7.11. The molecule has 3 heterocycles. The van der Waals surface area contributed by atoms with E-state index in [1.165, 1.54) is 11.8 Å². The Hall–Kier alpha value is -2.35. The molecule has 136 valence electrons. The smallest absolute Gasteiger partial charge is 0.277 e. The summed E-state index contributed by atoms with van der Waals surface area (Å²) in [6.45, 7) is 3.24. The highest BCUT2D eigenvalue weighted by atomic mass is 32.2. The Balaban J connectivity index is 1.44. The topological polar surface area (TPSA) is 77.1 Å². The molecule has 7 nitrogen and oxygen atoms in total. The van der Waals surface area contributed by atoms with E-state index in [9.17, 15) is 4.79 Å². The SMILES string of the molecule is Cc1nnc(SCC(=O)N2CCCC(c3nc4ccccc4n3C)C2)o1. The van der Waals surface area contributed by atoms with Crippen LogP contribution in [0.1, 0.15) is 30.5 Å². The number of hydrogen-bond donors (Lipinski definition) is 0.